The van der Waals surface area contributed by atoms with E-state index in [0.717, 1.165) is 0 Å². The van der Waals surface area contributed by atoms with E-state index in [4.69, 9.17) is 4.74 Å². The molecule has 2 aromatic carbocycles. The number of nitro groups is 1. The van der Waals surface area contributed by atoms with E-state index in [-0.39, 0.29) is 17.0 Å². The molecule has 0 saturated heterocycles. The number of aliphatic carboxylic acids is 1. The van der Waals surface area contributed by atoms with E-state index >= 15 is 0 Å². The fourth-order valence-electron chi connectivity index (χ4n) is 3.51. The first-order valence-electron chi connectivity index (χ1n) is 8.75. The lowest BCUT2D eigenvalue weighted by Crippen LogP contribution is -2.35. The molecule has 1 heterocycles. The van der Waals surface area contributed by atoms with Crippen LogP contribution in [0, 0.1) is 16.0 Å². The maximum Gasteiger partial charge on any atom is 0.334 e. The molecule has 29 heavy (non-hydrogen) atoms. The standard InChI is InChI=1S/C21H18N2O6/c1-12-16(21(26)29-2)17(13-8-10-15(11-9-13)23(27)28)18(20(24)25)19(22-12)14-6-4-3-5-7-14/h3-11,16-17H,1-2H3,(H,24,25). The molecule has 0 fully saturated rings. The summed E-state index contributed by atoms with van der Waals surface area (Å²) in [5, 5.41) is 21.0. The maximum absolute atomic E-state index is 12.5. The molecule has 148 valence electrons. The van der Waals surface area contributed by atoms with Crippen LogP contribution in [0.15, 0.2) is 65.2 Å². The highest BCUT2D eigenvalue weighted by Gasteiger charge is 2.42. The van der Waals surface area contributed by atoms with Gasteiger partial charge in [0.2, 0.25) is 0 Å². The normalized spacial score (nSPS) is 18.8. The van der Waals surface area contributed by atoms with Crippen LogP contribution < -0.4 is 0 Å². The number of benzene rings is 2. The van der Waals surface area contributed by atoms with Crippen molar-refractivity contribution in [2.24, 2.45) is 10.9 Å². The molecule has 1 aliphatic rings. The molecule has 2 atom stereocenters. The molecule has 0 aromatic heterocycles. The van der Waals surface area contributed by atoms with Crippen molar-refractivity contribution in [3.8, 4) is 0 Å². The van der Waals surface area contributed by atoms with Gasteiger partial charge in [-0.25, -0.2) is 4.79 Å². The fraction of sp³-hybridized carbons (Fsp3) is 0.190. The van der Waals surface area contributed by atoms with Crippen molar-refractivity contribution in [1.82, 2.24) is 0 Å². The molecular weight excluding hydrogens is 376 g/mol. The second-order valence-electron chi connectivity index (χ2n) is 6.51. The zero-order chi connectivity index (χ0) is 21.1. The minimum absolute atomic E-state index is 0.0638. The van der Waals surface area contributed by atoms with Crippen LogP contribution >= 0.6 is 0 Å². The van der Waals surface area contributed by atoms with Gasteiger partial charge in [0.25, 0.3) is 5.69 Å². The molecule has 0 aliphatic carbocycles. The number of carboxylic acid groups (broad SMARTS) is 1. The average Bonchev–Trinajstić information content (AvgIpc) is 2.72. The summed E-state index contributed by atoms with van der Waals surface area (Å²) in [4.78, 5) is 39.7. The number of methoxy groups -OCH3 is 1. The predicted octanol–water partition coefficient (Wildman–Crippen LogP) is 3.44. The fourth-order valence-corrected chi connectivity index (χ4v) is 3.51. The lowest BCUT2D eigenvalue weighted by atomic mass is 9.75. The second kappa shape index (κ2) is 8.05. The molecule has 1 N–H and O–H groups in total. The number of hydrogen-bond donors (Lipinski definition) is 1. The summed E-state index contributed by atoms with van der Waals surface area (Å²) >= 11 is 0. The molecule has 0 radical (unpaired) electrons. The summed E-state index contributed by atoms with van der Waals surface area (Å²) in [6, 6.07) is 14.3. The van der Waals surface area contributed by atoms with Crippen molar-refractivity contribution in [3.63, 3.8) is 0 Å². The Hall–Kier alpha value is -3.81. The highest BCUT2D eigenvalue weighted by molar-refractivity contribution is 6.11. The van der Waals surface area contributed by atoms with E-state index in [1.54, 1.807) is 37.3 Å². The van der Waals surface area contributed by atoms with E-state index in [1.807, 2.05) is 0 Å². The molecule has 0 saturated carbocycles. The van der Waals surface area contributed by atoms with Gasteiger partial charge < -0.3 is 9.84 Å². The molecule has 8 heteroatoms. The van der Waals surface area contributed by atoms with Crippen LogP contribution in [-0.4, -0.2) is 34.8 Å². The minimum atomic E-state index is -1.22. The van der Waals surface area contributed by atoms with Gasteiger partial charge in [-0.2, -0.15) is 0 Å². The molecule has 0 bridgehead atoms. The van der Waals surface area contributed by atoms with E-state index in [0.29, 0.717) is 16.8 Å². The minimum Gasteiger partial charge on any atom is -0.478 e. The number of aliphatic imine (C=N–C) groups is 1. The first-order valence-corrected chi connectivity index (χ1v) is 8.75. The predicted molar refractivity (Wildman–Crippen MR) is 105 cm³/mol. The Bertz CT molecular complexity index is 1020. The number of nitro benzene ring substituents is 1. The number of carbonyl (C=O) groups excluding carboxylic acids is 1. The van der Waals surface area contributed by atoms with Crippen molar-refractivity contribution in [1.29, 1.82) is 0 Å². The quantitative estimate of drug-likeness (QED) is 0.471. The topological polar surface area (TPSA) is 119 Å². The van der Waals surface area contributed by atoms with Gasteiger partial charge in [-0.3, -0.25) is 19.9 Å². The molecule has 0 amide bonds. The first kappa shape index (κ1) is 19.9. The van der Waals surface area contributed by atoms with Gasteiger partial charge in [0.1, 0.15) is 5.92 Å². The number of nitrogens with zero attached hydrogens (tertiary/aromatic N) is 2. The third kappa shape index (κ3) is 3.77. The molecule has 1 aliphatic heterocycles. The number of carboxylic acids is 1. The molecular formula is C21H18N2O6. The Morgan fingerprint density at radius 3 is 2.24 bits per heavy atom. The number of carbonyl (C=O) groups is 2. The van der Waals surface area contributed by atoms with Gasteiger partial charge in [0.15, 0.2) is 0 Å². The molecule has 3 rings (SSSR count). The zero-order valence-corrected chi connectivity index (χ0v) is 15.7. The summed E-state index contributed by atoms with van der Waals surface area (Å²) in [5.41, 5.74) is 1.51. The van der Waals surface area contributed by atoms with Crippen LogP contribution in [-0.2, 0) is 14.3 Å². The highest BCUT2D eigenvalue weighted by Crippen LogP contribution is 2.42. The number of rotatable bonds is 5. The van der Waals surface area contributed by atoms with Crippen LogP contribution in [0.2, 0.25) is 0 Å². The third-order valence-corrected chi connectivity index (χ3v) is 4.83. The van der Waals surface area contributed by atoms with Crippen LogP contribution in [0.4, 0.5) is 5.69 Å². The van der Waals surface area contributed by atoms with E-state index < -0.39 is 28.7 Å². The van der Waals surface area contributed by atoms with Crippen molar-refractivity contribution >= 4 is 29.0 Å². The van der Waals surface area contributed by atoms with Gasteiger partial charge in [-0.1, -0.05) is 42.5 Å². The van der Waals surface area contributed by atoms with Gasteiger partial charge in [0, 0.05) is 29.3 Å². The van der Waals surface area contributed by atoms with Gasteiger partial charge in [0.05, 0.1) is 23.3 Å². The number of ether oxygens (including phenoxy) is 1. The number of non-ortho nitro benzene ring substituents is 1. The zero-order valence-electron chi connectivity index (χ0n) is 15.7. The SMILES string of the molecule is COC(=O)C1C(C)=NC(c2ccccc2)=C(C(=O)O)C1c1ccc([N+](=O)[O-])cc1. The molecule has 0 spiro atoms. The first-order chi connectivity index (χ1) is 13.8. The van der Waals surface area contributed by atoms with Crippen LogP contribution in [0.5, 0.6) is 0 Å². The lowest BCUT2D eigenvalue weighted by molar-refractivity contribution is -0.384. The van der Waals surface area contributed by atoms with Crippen molar-refractivity contribution < 1.29 is 24.4 Å². The molecule has 8 nitrogen and oxygen atoms in total. The van der Waals surface area contributed by atoms with E-state index in [9.17, 15) is 24.8 Å². The average molecular weight is 394 g/mol. The van der Waals surface area contributed by atoms with Gasteiger partial charge in [-0.15, -0.1) is 0 Å². The van der Waals surface area contributed by atoms with E-state index in [2.05, 4.69) is 4.99 Å². The summed E-state index contributed by atoms with van der Waals surface area (Å²) in [7, 11) is 1.22. The Labute approximate surface area is 166 Å². The maximum atomic E-state index is 12.5. The Kier molecular flexibility index (Phi) is 5.54. The van der Waals surface area contributed by atoms with Gasteiger partial charge >= 0.3 is 11.9 Å². The Balaban J connectivity index is 2.26. The largest absolute Gasteiger partial charge is 0.478 e. The summed E-state index contributed by atoms with van der Waals surface area (Å²) in [6.45, 7) is 1.64. The summed E-state index contributed by atoms with van der Waals surface area (Å²) in [5.74, 6) is -3.72. The molecule has 2 aromatic rings. The summed E-state index contributed by atoms with van der Waals surface area (Å²) < 4.78 is 4.90. The summed E-state index contributed by atoms with van der Waals surface area (Å²) in [6.07, 6.45) is 0. The van der Waals surface area contributed by atoms with Crippen molar-refractivity contribution in [2.75, 3.05) is 7.11 Å². The lowest BCUT2D eigenvalue weighted by Gasteiger charge is -2.31. The highest BCUT2D eigenvalue weighted by atomic mass is 16.6. The second-order valence-corrected chi connectivity index (χ2v) is 6.51. The van der Waals surface area contributed by atoms with Crippen LogP contribution in [0.25, 0.3) is 5.70 Å². The number of esters is 1. The number of hydrogen-bond acceptors (Lipinski definition) is 6. The smallest absolute Gasteiger partial charge is 0.334 e. The van der Waals surface area contributed by atoms with Crippen molar-refractivity contribution in [3.05, 3.63) is 81.4 Å². The van der Waals surface area contributed by atoms with Gasteiger partial charge in [-0.05, 0) is 12.5 Å². The monoisotopic (exact) mass is 394 g/mol. The molecule has 2 unspecified atom stereocenters. The van der Waals surface area contributed by atoms with Crippen LogP contribution in [0.1, 0.15) is 24.0 Å². The Morgan fingerprint density at radius 1 is 1.10 bits per heavy atom. The van der Waals surface area contributed by atoms with E-state index in [1.165, 1.54) is 31.4 Å². The van der Waals surface area contributed by atoms with Crippen LogP contribution in [0.3, 0.4) is 0 Å². The third-order valence-electron chi connectivity index (χ3n) is 4.83. The Morgan fingerprint density at radius 2 is 1.72 bits per heavy atom. The van der Waals surface area contributed by atoms with Crippen molar-refractivity contribution in [2.45, 2.75) is 12.8 Å².